The second kappa shape index (κ2) is 8.39. The molecule has 0 aliphatic carbocycles. The molecule has 0 N–H and O–H groups in total. The molecule has 2 nitrogen and oxygen atoms in total. The van der Waals surface area contributed by atoms with E-state index in [0.717, 1.165) is 6.54 Å². The molecule has 1 aliphatic rings. The van der Waals surface area contributed by atoms with Crippen LogP contribution in [0.3, 0.4) is 0 Å². The zero-order valence-corrected chi connectivity index (χ0v) is 9.82. The smallest absolute Gasteiger partial charge is 0.119 e. The average Bonchev–Trinajstić information content (AvgIpc) is 2.29. The Labute approximate surface area is 93.6 Å². The van der Waals surface area contributed by atoms with E-state index in [0.29, 0.717) is 0 Å². The Hall–Kier alpha value is -0.920. The molecule has 0 atom stereocenters. The second-order valence-corrected chi connectivity index (χ2v) is 4.04. The third-order valence-electron chi connectivity index (χ3n) is 2.62. The van der Waals surface area contributed by atoms with Gasteiger partial charge in [0, 0.05) is 6.20 Å². The number of allylic oxidation sites excluding steroid dienone is 2. The zero-order valence-electron chi connectivity index (χ0n) is 9.82. The summed E-state index contributed by atoms with van der Waals surface area (Å²) in [6, 6.07) is 0. The molecule has 0 aromatic rings. The summed E-state index contributed by atoms with van der Waals surface area (Å²) in [5.74, 6) is 0. The molecule has 0 aromatic carbocycles. The normalized spacial score (nSPS) is 14.3. The van der Waals surface area contributed by atoms with Gasteiger partial charge in [0.1, 0.15) is 6.26 Å². The fourth-order valence-corrected chi connectivity index (χ4v) is 1.69. The summed E-state index contributed by atoms with van der Waals surface area (Å²) in [7, 11) is 0. The summed E-state index contributed by atoms with van der Waals surface area (Å²) in [6.45, 7) is 3.27. The highest BCUT2D eigenvalue weighted by atomic mass is 16.7. The van der Waals surface area contributed by atoms with Crippen LogP contribution < -0.4 is 0 Å². The van der Waals surface area contributed by atoms with Gasteiger partial charge in [0.2, 0.25) is 0 Å². The first-order chi connectivity index (χ1) is 7.43. The van der Waals surface area contributed by atoms with Crippen LogP contribution in [0.5, 0.6) is 0 Å². The van der Waals surface area contributed by atoms with E-state index in [4.69, 9.17) is 4.84 Å². The van der Waals surface area contributed by atoms with Gasteiger partial charge in [-0.2, -0.15) is 0 Å². The van der Waals surface area contributed by atoms with E-state index >= 15 is 0 Å². The van der Waals surface area contributed by atoms with Gasteiger partial charge in [0.05, 0.1) is 6.54 Å². The maximum absolute atomic E-state index is 5.29. The van der Waals surface area contributed by atoms with Gasteiger partial charge in [0.15, 0.2) is 0 Å². The predicted molar refractivity (Wildman–Crippen MR) is 64.1 cm³/mol. The maximum Gasteiger partial charge on any atom is 0.119 e. The number of hydrogen-bond acceptors (Lipinski definition) is 2. The SMILES string of the molecule is CCCCCCCCCN1C=CC=CO1. The molecule has 2 heteroatoms. The van der Waals surface area contributed by atoms with Crippen LogP contribution in [0.1, 0.15) is 51.9 Å². The lowest BCUT2D eigenvalue weighted by Crippen LogP contribution is -2.17. The van der Waals surface area contributed by atoms with Gasteiger partial charge < -0.3 is 4.84 Å². The van der Waals surface area contributed by atoms with Crippen molar-refractivity contribution in [3.63, 3.8) is 0 Å². The van der Waals surface area contributed by atoms with E-state index in [9.17, 15) is 0 Å². The van der Waals surface area contributed by atoms with Gasteiger partial charge in [-0.05, 0) is 18.6 Å². The number of nitrogens with zero attached hydrogens (tertiary/aromatic N) is 1. The molecule has 0 spiro atoms. The van der Waals surface area contributed by atoms with E-state index in [1.165, 1.54) is 44.9 Å². The number of hydroxylamine groups is 2. The molecule has 0 saturated carbocycles. The molecular weight excluding hydrogens is 186 g/mol. The van der Waals surface area contributed by atoms with Crippen molar-refractivity contribution in [1.82, 2.24) is 5.06 Å². The van der Waals surface area contributed by atoms with Crippen LogP contribution in [0, 0.1) is 0 Å². The number of rotatable bonds is 8. The number of unbranched alkanes of at least 4 members (excludes halogenated alkanes) is 6. The molecule has 86 valence electrons. The molecule has 0 unspecified atom stereocenters. The van der Waals surface area contributed by atoms with Crippen molar-refractivity contribution in [3.8, 4) is 0 Å². The Morgan fingerprint density at radius 2 is 1.67 bits per heavy atom. The third-order valence-corrected chi connectivity index (χ3v) is 2.62. The van der Waals surface area contributed by atoms with Crippen LogP contribution in [0.4, 0.5) is 0 Å². The average molecular weight is 209 g/mol. The molecule has 1 heterocycles. The predicted octanol–water partition coefficient (Wildman–Crippen LogP) is 4.01. The first-order valence-corrected chi connectivity index (χ1v) is 6.20. The Morgan fingerprint density at radius 1 is 0.933 bits per heavy atom. The fraction of sp³-hybridized carbons (Fsp3) is 0.692. The van der Waals surface area contributed by atoms with E-state index in [1.54, 1.807) is 6.26 Å². The highest BCUT2D eigenvalue weighted by Crippen LogP contribution is 2.08. The summed E-state index contributed by atoms with van der Waals surface area (Å²) in [5.41, 5.74) is 0. The van der Waals surface area contributed by atoms with E-state index in [-0.39, 0.29) is 0 Å². The first kappa shape index (κ1) is 12.2. The van der Waals surface area contributed by atoms with Crippen molar-refractivity contribution in [1.29, 1.82) is 0 Å². The van der Waals surface area contributed by atoms with E-state index in [1.807, 2.05) is 23.4 Å². The van der Waals surface area contributed by atoms with Crippen LogP contribution in [0.15, 0.2) is 24.6 Å². The summed E-state index contributed by atoms with van der Waals surface area (Å²) < 4.78 is 0. The Kier molecular flexibility index (Phi) is 6.80. The van der Waals surface area contributed by atoms with Gasteiger partial charge in [-0.15, -0.1) is 0 Å². The summed E-state index contributed by atoms with van der Waals surface area (Å²) in [5, 5.41) is 1.89. The lowest BCUT2D eigenvalue weighted by Gasteiger charge is -2.19. The molecule has 0 fully saturated rings. The monoisotopic (exact) mass is 209 g/mol. The van der Waals surface area contributed by atoms with Crippen LogP contribution in [-0.2, 0) is 4.84 Å². The van der Waals surface area contributed by atoms with E-state index in [2.05, 4.69) is 6.92 Å². The highest BCUT2D eigenvalue weighted by Gasteiger charge is 1.99. The van der Waals surface area contributed by atoms with Crippen LogP contribution in [0.25, 0.3) is 0 Å². The largest absolute Gasteiger partial charge is 0.388 e. The van der Waals surface area contributed by atoms with Gasteiger partial charge >= 0.3 is 0 Å². The van der Waals surface area contributed by atoms with Crippen molar-refractivity contribution in [2.75, 3.05) is 6.54 Å². The maximum atomic E-state index is 5.29. The summed E-state index contributed by atoms with van der Waals surface area (Å²) >= 11 is 0. The van der Waals surface area contributed by atoms with Crippen molar-refractivity contribution >= 4 is 0 Å². The topological polar surface area (TPSA) is 12.5 Å². The lowest BCUT2D eigenvalue weighted by molar-refractivity contribution is -0.0604. The standard InChI is InChI=1S/C13H23NO/c1-2-3-4-5-6-7-8-11-14-12-9-10-13-15-14/h9-10,12-13H,2-8,11H2,1H3. The van der Waals surface area contributed by atoms with Crippen LogP contribution >= 0.6 is 0 Å². The minimum Gasteiger partial charge on any atom is -0.388 e. The van der Waals surface area contributed by atoms with Crippen molar-refractivity contribution in [3.05, 3.63) is 24.6 Å². The molecule has 1 aliphatic heterocycles. The van der Waals surface area contributed by atoms with Gasteiger partial charge in [0.25, 0.3) is 0 Å². The first-order valence-electron chi connectivity index (χ1n) is 6.20. The summed E-state index contributed by atoms with van der Waals surface area (Å²) in [4.78, 5) is 5.29. The third kappa shape index (κ3) is 6.21. The minimum atomic E-state index is 1.01. The molecule has 0 saturated heterocycles. The Balaban J connectivity index is 1.84. The Morgan fingerprint density at radius 3 is 2.33 bits per heavy atom. The fourth-order valence-electron chi connectivity index (χ4n) is 1.69. The molecule has 0 aromatic heterocycles. The van der Waals surface area contributed by atoms with Gasteiger partial charge in [-0.25, -0.2) is 5.06 Å². The molecule has 0 amide bonds. The highest BCUT2D eigenvalue weighted by molar-refractivity contribution is 5.01. The summed E-state index contributed by atoms with van der Waals surface area (Å²) in [6.07, 6.45) is 17.1. The Bertz CT molecular complexity index is 199. The quantitative estimate of drug-likeness (QED) is 0.560. The molecule has 0 radical (unpaired) electrons. The van der Waals surface area contributed by atoms with Gasteiger partial charge in [-0.3, -0.25) is 0 Å². The van der Waals surface area contributed by atoms with Crippen molar-refractivity contribution < 1.29 is 4.84 Å². The molecular formula is C13H23NO. The molecule has 15 heavy (non-hydrogen) atoms. The van der Waals surface area contributed by atoms with Crippen LogP contribution in [-0.4, -0.2) is 11.6 Å². The molecule has 0 bridgehead atoms. The van der Waals surface area contributed by atoms with Crippen LogP contribution in [0.2, 0.25) is 0 Å². The number of hydrogen-bond donors (Lipinski definition) is 0. The van der Waals surface area contributed by atoms with Crippen molar-refractivity contribution in [2.24, 2.45) is 0 Å². The zero-order chi connectivity index (χ0) is 10.8. The van der Waals surface area contributed by atoms with Gasteiger partial charge in [-0.1, -0.05) is 45.4 Å². The van der Waals surface area contributed by atoms with Crippen molar-refractivity contribution in [2.45, 2.75) is 51.9 Å². The van der Waals surface area contributed by atoms with E-state index < -0.39 is 0 Å². The second-order valence-electron chi connectivity index (χ2n) is 4.04. The lowest BCUT2D eigenvalue weighted by atomic mass is 10.1. The minimum absolute atomic E-state index is 1.01. The molecule has 1 rings (SSSR count).